The largest absolute Gasteiger partial charge is 0.455 e. The summed E-state index contributed by atoms with van der Waals surface area (Å²) >= 11 is 0. The summed E-state index contributed by atoms with van der Waals surface area (Å²) in [4.78, 5) is 0. The van der Waals surface area contributed by atoms with Crippen LogP contribution in [-0.2, 0) is 12.8 Å². The first-order valence-corrected chi connectivity index (χ1v) is 17.6. The predicted molar refractivity (Wildman–Crippen MR) is 208 cm³/mol. The van der Waals surface area contributed by atoms with Gasteiger partial charge in [0.2, 0.25) is 0 Å². The summed E-state index contributed by atoms with van der Waals surface area (Å²) in [6, 6.07) is 53.9. The molecule has 0 fully saturated rings. The van der Waals surface area contributed by atoms with Crippen molar-refractivity contribution in [3.63, 3.8) is 0 Å². The molecule has 9 aromatic carbocycles. The van der Waals surface area contributed by atoms with E-state index in [0.717, 1.165) is 34.3 Å². The molecular weight excluding hydrogens is 593 g/mol. The van der Waals surface area contributed by atoms with E-state index in [9.17, 15) is 0 Å². The number of fused-ring (bicyclic) bond motifs is 4. The van der Waals surface area contributed by atoms with Crippen molar-refractivity contribution in [1.29, 1.82) is 0 Å². The molecule has 0 atom stereocenters. The van der Waals surface area contributed by atoms with Crippen LogP contribution in [0.25, 0.3) is 98.4 Å². The van der Waals surface area contributed by atoms with Gasteiger partial charge in [0, 0.05) is 16.5 Å². The van der Waals surface area contributed by atoms with Crippen molar-refractivity contribution in [2.24, 2.45) is 0 Å². The molecule has 0 bridgehead atoms. The highest BCUT2D eigenvalue weighted by atomic mass is 16.3. The highest BCUT2D eigenvalue weighted by Gasteiger charge is 2.26. The molecular formula is C48H32O. The molecule has 49 heavy (non-hydrogen) atoms. The van der Waals surface area contributed by atoms with E-state index < -0.39 is 0 Å². The first kappa shape index (κ1) is 27.1. The fourth-order valence-electron chi connectivity index (χ4n) is 9.12. The first-order valence-electron chi connectivity index (χ1n) is 17.6. The lowest BCUT2D eigenvalue weighted by Gasteiger charge is -2.23. The minimum absolute atomic E-state index is 0.910. The Labute approximate surface area is 284 Å². The quantitative estimate of drug-likeness (QED) is 0.141. The van der Waals surface area contributed by atoms with Crippen LogP contribution >= 0.6 is 0 Å². The zero-order valence-electron chi connectivity index (χ0n) is 27.1. The lowest BCUT2D eigenvalue weighted by atomic mass is 9.81. The van der Waals surface area contributed by atoms with Gasteiger partial charge in [0.15, 0.2) is 0 Å². The van der Waals surface area contributed by atoms with Crippen molar-refractivity contribution in [2.45, 2.75) is 25.7 Å². The molecule has 230 valence electrons. The maximum absolute atomic E-state index is 7.08. The van der Waals surface area contributed by atoms with E-state index in [1.165, 1.54) is 101 Å². The van der Waals surface area contributed by atoms with Crippen molar-refractivity contribution in [2.75, 3.05) is 0 Å². The van der Waals surface area contributed by atoms with Crippen molar-refractivity contribution in [3.05, 3.63) is 157 Å². The third kappa shape index (κ3) is 3.82. The van der Waals surface area contributed by atoms with Crippen LogP contribution in [0.4, 0.5) is 0 Å². The molecule has 0 spiro atoms. The Hall–Kier alpha value is -5.92. The fraction of sp³-hybridized carbons (Fsp3) is 0.0833. The van der Waals surface area contributed by atoms with Crippen LogP contribution in [0.1, 0.15) is 24.0 Å². The highest BCUT2D eigenvalue weighted by Crippen LogP contribution is 2.51. The van der Waals surface area contributed by atoms with Crippen LogP contribution in [0.3, 0.4) is 0 Å². The van der Waals surface area contributed by atoms with Crippen LogP contribution in [0.15, 0.2) is 150 Å². The standard InChI is InChI=1S/C48H32O/c1-2-15-33-29(11-1)12-10-21-34(33)45-35-16-3-5-18-37(35)46(38-19-6-4-17-36(38)45)48-47(41-20-7-8-22-42(41)49-48)40-28-26-32-24-23-30-13-9-14-31-25-27-39(40)44(32)43(30)31/h3-10,12-14,16-28H,1-2,11,15H2. The summed E-state index contributed by atoms with van der Waals surface area (Å²) in [6.07, 6.45) is 4.82. The third-order valence-electron chi connectivity index (χ3n) is 11.2. The molecule has 1 heterocycles. The normalized spacial score (nSPS) is 13.4. The van der Waals surface area contributed by atoms with Gasteiger partial charge in [-0.15, -0.1) is 0 Å². The Balaban J connectivity index is 1.29. The summed E-state index contributed by atoms with van der Waals surface area (Å²) in [7, 11) is 0. The Morgan fingerprint density at radius 2 is 0.959 bits per heavy atom. The molecule has 0 radical (unpaired) electrons. The Kier molecular flexibility index (Phi) is 5.68. The van der Waals surface area contributed by atoms with Crippen LogP contribution in [-0.4, -0.2) is 0 Å². The van der Waals surface area contributed by atoms with Crippen molar-refractivity contribution >= 4 is 64.8 Å². The van der Waals surface area contributed by atoms with Crippen molar-refractivity contribution in [3.8, 4) is 33.6 Å². The second-order valence-electron chi connectivity index (χ2n) is 13.8. The zero-order valence-corrected chi connectivity index (χ0v) is 27.1. The molecule has 1 nitrogen and oxygen atoms in total. The number of aryl methyl sites for hydroxylation is 1. The molecule has 1 aromatic heterocycles. The fourth-order valence-corrected chi connectivity index (χ4v) is 9.12. The average molecular weight is 625 g/mol. The SMILES string of the molecule is c1cc2c(c(-c3c4ccccc4c(-c4oc5ccccc5c4-c4ccc5ccc6cccc7ccc4c5c67)c4ccccc34)c1)CCCC2. The summed E-state index contributed by atoms with van der Waals surface area (Å²) in [6.45, 7) is 0. The maximum atomic E-state index is 7.08. The topological polar surface area (TPSA) is 13.1 Å². The smallest absolute Gasteiger partial charge is 0.144 e. The molecule has 0 N–H and O–H groups in total. The number of para-hydroxylation sites is 1. The van der Waals surface area contributed by atoms with E-state index in [-0.39, 0.29) is 0 Å². The van der Waals surface area contributed by atoms with Crippen LogP contribution < -0.4 is 0 Å². The number of furan rings is 1. The van der Waals surface area contributed by atoms with E-state index >= 15 is 0 Å². The number of hydrogen-bond donors (Lipinski definition) is 0. The molecule has 1 heteroatoms. The molecule has 0 unspecified atom stereocenters. The van der Waals surface area contributed by atoms with Crippen LogP contribution in [0.5, 0.6) is 0 Å². The third-order valence-corrected chi connectivity index (χ3v) is 11.2. The molecule has 0 saturated heterocycles. The lowest BCUT2D eigenvalue weighted by Crippen LogP contribution is -2.04. The van der Waals surface area contributed by atoms with Gasteiger partial charge in [-0.1, -0.05) is 140 Å². The average Bonchev–Trinajstić information content (AvgIpc) is 3.54. The van der Waals surface area contributed by atoms with Gasteiger partial charge in [0.1, 0.15) is 11.3 Å². The Morgan fingerprint density at radius 1 is 0.367 bits per heavy atom. The minimum Gasteiger partial charge on any atom is -0.455 e. The zero-order chi connectivity index (χ0) is 32.1. The number of hydrogen-bond acceptors (Lipinski definition) is 1. The maximum Gasteiger partial charge on any atom is 0.144 e. The second kappa shape index (κ2) is 10.3. The second-order valence-corrected chi connectivity index (χ2v) is 13.8. The summed E-state index contributed by atoms with van der Waals surface area (Å²) in [5.41, 5.74) is 10.2. The molecule has 0 aliphatic heterocycles. The summed E-state index contributed by atoms with van der Waals surface area (Å²) in [5, 5.41) is 13.9. The number of rotatable bonds is 3. The summed E-state index contributed by atoms with van der Waals surface area (Å²) < 4.78 is 7.08. The van der Waals surface area contributed by atoms with E-state index in [2.05, 4.69) is 146 Å². The van der Waals surface area contributed by atoms with Gasteiger partial charge in [-0.25, -0.2) is 0 Å². The summed E-state index contributed by atoms with van der Waals surface area (Å²) in [5.74, 6) is 0.935. The van der Waals surface area contributed by atoms with E-state index in [1.807, 2.05) is 0 Å². The van der Waals surface area contributed by atoms with Gasteiger partial charge in [-0.2, -0.15) is 0 Å². The molecule has 10 aromatic rings. The Bertz CT molecular complexity index is 2870. The molecule has 1 aliphatic carbocycles. The highest BCUT2D eigenvalue weighted by molar-refractivity contribution is 6.28. The predicted octanol–water partition coefficient (Wildman–Crippen LogP) is 13.5. The van der Waals surface area contributed by atoms with E-state index in [4.69, 9.17) is 4.42 Å². The minimum atomic E-state index is 0.910. The van der Waals surface area contributed by atoms with Gasteiger partial charge in [0.05, 0.1) is 0 Å². The van der Waals surface area contributed by atoms with E-state index in [1.54, 1.807) is 0 Å². The van der Waals surface area contributed by atoms with Gasteiger partial charge in [-0.3, -0.25) is 0 Å². The molecule has 0 amide bonds. The number of benzene rings is 9. The van der Waals surface area contributed by atoms with Crippen molar-refractivity contribution < 1.29 is 4.42 Å². The van der Waals surface area contributed by atoms with Gasteiger partial charge in [-0.05, 0) is 113 Å². The van der Waals surface area contributed by atoms with Gasteiger partial charge >= 0.3 is 0 Å². The molecule has 0 saturated carbocycles. The van der Waals surface area contributed by atoms with Crippen molar-refractivity contribution in [1.82, 2.24) is 0 Å². The van der Waals surface area contributed by atoms with Crippen LogP contribution in [0.2, 0.25) is 0 Å². The molecule has 11 rings (SSSR count). The molecule has 1 aliphatic rings. The van der Waals surface area contributed by atoms with Gasteiger partial charge < -0.3 is 4.42 Å². The van der Waals surface area contributed by atoms with E-state index in [0.29, 0.717) is 0 Å². The monoisotopic (exact) mass is 624 g/mol. The lowest BCUT2D eigenvalue weighted by molar-refractivity contribution is 0.634. The van der Waals surface area contributed by atoms with Crippen LogP contribution in [0, 0.1) is 0 Å². The Morgan fingerprint density at radius 3 is 1.71 bits per heavy atom. The van der Waals surface area contributed by atoms with Gasteiger partial charge in [0.25, 0.3) is 0 Å². The first-order chi connectivity index (χ1) is 24.3.